The fraction of sp³-hybridized carbons (Fsp3) is 0.300. The minimum absolute atomic E-state index is 0.217. The fourth-order valence-electron chi connectivity index (χ4n) is 1.38. The Hall–Kier alpha value is -1.91. The third-order valence-electron chi connectivity index (χ3n) is 2.17. The number of benzene rings is 1. The molecule has 0 saturated carbocycles. The predicted octanol–water partition coefficient (Wildman–Crippen LogP) is 0.190. The third-order valence-corrected chi connectivity index (χ3v) is 2.17. The highest BCUT2D eigenvalue weighted by Gasteiger charge is 2.13. The highest BCUT2D eigenvalue weighted by molar-refractivity contribution is 5.62. The van der Waals surface area contributed by atoms with Crippen molar-refractivity contribution >= 4 is 6.09 Å². The van der Waals surface area contributed by atoms with Gasteiger partial charge in [-0.15, -0.1) is 0 Å². The highest BCUT2D eigenvalue weighted by Crippen LogP contribution is 2.32. The highest BCUT2D eigenvalue weighted by atomic mass is 16.7. The van der Waals surface area contributed by atoms with Crippen LogP contribution in [0, 0.1) is 0 Å². The van der Waals surface area contributed by atoms with Crippen molar-refractivity contribution in [3.05, 3.63) is 23.8 Å². The number of carbonyl (C=O) groups is 1. The van der Waals surface area contributed by atoms with Gasteiger partial charge in [-0.25, -0.2) is 0 Å². The Labute approximate surface area is 86.8 Å². The largest absolute Gasteiger partial charge is 0.530 e. The number of hydrogen-bond donors (Lipinski definition) is 0. The van der Waals surface area contributed by atoms with Crippen LogP contribution >= 0.6 is 0 Å². The maximum Gasteiger partial charge on any atom is 0.231 e. The Balaban J connectivity index is 2.13. The molecule has 1 aromatic rings. The molecular formula is C10H10NO4-. The summed E-state index contributed by atoms with van der Waals surface area (Å²) >= 11 is 0. The van der Waals surface area contributed by atoms with Gasteiger partial charge in [0.15, 0.2) is 11.5 Å². The van der Waals surface area contributed by atoms with E-state index in [1.54, 1.807) is 18.2 Å². The number of carboxylic acid groups (broad SMARTS) is 1. The molecule has 5 heteroatoms. The van der Waals surface area contributed by atoms with Gasteiger partial charge in [0, 0.05) is 13.6 Å². The van der Waals surface area contributed by atoms with Crippen molar-refractivity contribution in [3.63, 3.8) is 0 Å². The van der Waals surface area contributed by atoms with Gasteiger partial charge in [-0.05, 0) is 17.7 Å². The fourth-order valence-corrected chi connectivity index (χ4v) is 1.38. The standard InChI is InChI=1S/C10H11NO4/c1-11(10(12)13)5-7-2-3-8-9(4-7)15-6-14-8/h2-4H,5-6H2,1H3,(H,12,13)/p-1. The summed E-state index contributed by atoms with van der Waals surface area (Å²) in [6, 6.07) is 5.33. The van der Waals surface area contributed by atoms with Crippen molar-refractivity contribution < 1.29 is 19.4 Å². The Morgan fingerprint density at radius 1 is 1.47 bits per heavy atom. The molecule has 80 valence electrons. The van der Waals surface area contributed by atoms with E-state index in [4.69, 9.17) is 9.47 Å². The zero-order chi connectivity index (χ0) is 10.8. The zero-order valence-electron chi connectivity index (χ0n) is 8.23. The van der Waals surface area contributed by atoms with E-state index in [1.807, 2.05) is 0 Å². The summed E-state index contributed by atoms with van der Waals surface area (Å²) in [6.07, 6.45) is -1.20. The Morgan fingerprint density at radius 3 is 2.93 bits per heavy atom. The van der Waals surface area contributed by atoms with E-state index >= 15 is 0 Å². The van der Waals surface area contributed by atoms with Crippen LogP contribution in [0.4, 0.5) is 4.79 Å². The first kappa shape index (κ1) is 9.64. The molecule has 0 aliphatic carbocycles. The van der Waals surface area contributed by atoms with Gasteiger partial charge in [-0.1, -0.05) is 6.07 Å². The summed E-state index contributed by atoms with van der Waals surface area (Å²) < 4.78 is 10.3. The average Bonchev–Trinajstić information content (AvgIpc) is 2.64. The Kier molecular flexibility index (Phi) is 2.37. The summed E-state index contributed by atoms with van der Waals surface area (Å²) in [4.78, 5) is 11.6. The molecule has 1 aromatic carbocycles. The molecule has 15 heavy (non-hydrogen) atoms. The lowest BCUT2D eigenvalue weighted by molar-refractivity contribution is -0.264. The van der Waals surface area contributed by atoms with Gasteiger partial charge in [0.1, 0.15) is 6.09 Å². The third kappa shape index (κ3) is 1.96. The van der Waals surface area contributed by atoms with E-state index in [0.717, 1.165) is 10.5 Å². The number of ether oxygens (including phenoxy) is 2. The molecule has 1 aliphatic heterocycles. The van der Waals surface area contributed by atoms with Crippen LogP contribution in [0.2, 0.25) is 0 Å². The lowest BCUT2D eigenvalue weighted by Gasteiger charge is -2.19. The number of fused-ring (bicyclic) bond motifs is 1. The van der Waals surface area contributed by atoms with Crippen LogP contribution in [0.5, 0.6) is 11.5 Å². The molecule has 0 unspecified atom stereocenters. The summed E-state index contributed by atoms with van der Waals surface area (Å²) in [5.41, 5.74) is 0.839. The molecule has 0 bridgehead atoms. The van der Waals surface area contributed by atoms with Crippen molar-refractivity contribution in [2.45, 2.75) is 6.54 Å². The number of rotatable bonds is 2. The van der Waals surface area contributed by atoms with Gasteiger partial charge in [0.25, 0.3) is 0 Å². The molecular weight excluding hydrogens is 198 g/mol. The van der Waals surface area contributed by atoms with Crippen LogP contribution in [0.1, 0.15) is 5.56 Å². The summed E-state index contributed by atoms with van der Waals surface area (Å²) in [6.45, 7) is 0.494. The Morgan fingerprint density at radius 2 is 2.20 bits per heavy atom. The molecule has 0 spiro atoms. The van der Waals surface area contributed by atoms with E-state index in [-0.39, 0.29) is 13.3 Å². The van der Waals surface area contributed by atoms with Crippen LogP contribution in [-0.2, 0) is 6.54 Å². The van der Waals surface area contributed by atoms with Gasteiger partial charge in [-0.2, -0.15) is 0 Å². The maximum absolute atomic E-state index is 10.5. The van der Waals surface area contributed by atoms with Gasteiger partial charge in [0.2, 0.25) is 6.79 Å². The number of carbonyl (C=O) groups excluding carboxylic acids is 1. The predicted molar refractivity (Wildman–Crippen MR) is 49.4 cm³/mol. The molecule has 1 aliphatic rings. The number of nitrogens with zero attached hydrogens (tertiary/aromatic N) is 1. The van der Waals surface area contributed by atoms with Gasteiger partial charge in [0.05, 0.1) is 0 Å². The molecule has 0 saturated heterocycles. The second-order valence-corrected chi connectivity index (χ2v) is 3.31. The van der Waals surface area contributed by atoms with Crippen molar-refractivity contribution in [2.24, 2.45) is 0 Å². The molecule has 0 N–H and O–H groups in total. The van der Waals surface area contributed by atoms with Crippen LogP contribution in [0.25, 0.3) is 0 Å². The molecule has 0 aromatic heterocycles. The van der Waals surface area contributed by atoms with Gasteiger partial charge >= 0.3 is 0 Å². The summed E-state index contributed by atoms with van der Waals surface area (Å²) in [5.74, 6) is 1.34. The number of hydrogen-bond acceptors (Lipinski definition) is 4. The van der Waals surface area contributed by atoms with Crippen LogP contribution in [-0.4, -0.2) is 24.8 Å². The summed E-state index contributed by atoms with van der Waals surface area (Å²) in [7, 11) is 1.46. The van der Waals surface area contributed by atoms with Crippen LogP contribution < -0.4 is 14.6 Å². The SMILES string of the molecule is CN(Cc1ccc2c(c1)OCO2)C(=O)[O-]. The maximum atomic E-state index is 10.5. The summed E-state index contributed by atoms with van der Waals surface area (Å²) in [5, 5.41) is 10.5. The van der Waals surface area contributed by atoms with Crippen molar-refractivity contribution in [3.8, 4) is 11.5 Å². The quantitative estimate of drug-likeness (QED) is 0.696. The molecule has 1 heterocycles. The van der Waals surface area contributed by atoms with Gasteiger partial charge < -0.3 is 24.3 Å². The first-order valence-electron chi connectivity index (χ1n) is 4.47. The van der Waals surface area contributed by atoms with Crippen LogP contribution in [0.3, 0.4) is 0 Å². The van der Waals surface area contributed by atoms with Crippen molar-refractivity contribution in [1.29, 1.82) is 0 Å². The monoisotopic (exact) mass is 208 g/mol. The molecule has 0 atom stereocenters. The zero-order valence-corrected chi connectivity index (χ0v) is 8.23. The minimum Gasteiger partial charge on any atom is -0.530 e. The topological polar surface area (TPSA) is 61.8 Å². The minimum atomic E-state index is -1.20. The molecule has 0 fully saturated rings. The normalized spacial score (nSPS) is 12.6. The number of amides is 1. The second-order valence-electron chi connectivity index (χ2n) is 3.31. The lowest BCUT2D eigenvalue weighted by Crippen LogP contribution is -2.37. The van der Waals surface area contributed by atoms with Gasteiger partial charge in [-0.3, -0.25) is 0 Å². The molecule has 2 rings (SSSR count). The smallest absolute Gasteiger partial charge is 0.231 e. The van der Waals surface area contributed by atoms with E-state index in [1.165, 1.54) is 7.05 Å². The van der Waals surface area contributed by atoms with E-state index in [2.05, 4.69) is 0 Å². The average molecular weight is 208 g/mol. The first-order chi connectivity index (χ1) is 7.16. The first-order valence-corrected chi connectivity index (χ1v) is 4.47. The molecule has 5 nitrogen and oxygen atoms in total. The lowest BCUT2D eigenvalue weighted by atomic mass is 10.2. The Bertz CT molecular complexity index is 391. The van der Waals surface area contributed by atoms with E-state index in [0.29, 0.717) is 11.5 Å². The van der Waals surface area contributed by atoms with Crippen molar-refractivity contribution in [1.82, 2.24) is 4.90 Å². The van der Waals surface area contributed by atoms with Crippen molar-refractivity contribution in [2.75, 3.05) is 13.8 Å². The van der Waals surface area contributed by atoms with Crippen LogP contribution in [0.15, 0.2) is 18.2 Å². The molecule has 0 radical (unpaired) electrons. The van der Waals surface area contributed by atoms with E-state index < -0.39 is 6.09 Å². The second kappa shape index (κ2) is 3.68. The molecule has 1 amide bonds. The van der Waals surface area contributed by atoms with E-state index in [9.17, 15) is 9.90 Å².